The maximum Gasteiger partial charge on any atom is 0.237 e. The van der Waals surface area contributed by atoms with E-state index in [2.05, 4.69) is 20.8 Å². The van der Waals surface area contributed by atoms with Crippen LogP contribution in [0.5, 0.6) is 0 Å². The molecule has 3 rings (SSSR count). The topological polar surface area (TPSA) is 66.9 Å². The van der Waals surface area contributed by atoms with Gasteiger partial charge in [0, 0.05) is 11.7 Å². The molecule has 0 aliphatic heterocycles. The van der Waals surface area contributed by atoms with Gasteiger partial charge in [0.1, 0.15) is 5.82 Å². The van der Waals surface area contributed by atoms with Gasteiger partial charge in [-0.2, -0.15) is 0 Å². The minimum absolute atomic E-state index is 0.192. The molecule has 22 heavy (non-hydrogen) atoms. The Bertz CT molecular complexity index is 674. The fourth-order valence-corrected chi connectivity index (χ4v) is 3.71. The normalized spacial score (nSPS) is 15.4. The van der Waals surface area contributed by atoms with Gasteiger partial charge in [-0.1, -0.05) is 29.2 Å². The van der Waals surface area contributed by atoms with Crippen LogP contribution in [0.3, 0.4) is 0 Å². The summed E-state index contributed by atoms with van der Waals surface area (Å²) in [5.74, 6) is -0.569. The van der Waals surface area contributed by atoms with Crippen molar-refractivity contribution in [3.63, 3.8) is 0 Å². The monoisotopic (exact) mass is 338 g/mol. The number of carbonyl (C=O) groups is 1. The lowest BCUT2D eigenvalue weighted by Gasteiger charge is -2.10. The number of anilines is 2. The highest BCUT2D eigenvalue weighted by Crippen LogP contribution is 2.32. The van der Waals surface area contributed by atoms with E-state index in [1.165, 1.54) is 48.1 Å². The minimum atomic E-state index is -0.377. The number of hydrogen-bond acceptors (Lipinski definition) is 6. The summed E-state index contributed by atoms with van der Waals surface area (Å²) >= 11 is 2.79. The van der Waals surface area contributed by atoms with Crippen LogP contribution in [0.15, 0.2) is 28.6 Å². The maximum atomic E-state index is 13.1. The molecule has 8 heteroatoms. The van der Waals surface area contributed by atoms with Crippen LogP contribution in [0, 0.1) is 5.82 Å². The first kappa shape index (κ1) is 15.2. The Labute approximate surface area is 135 Å². The third-order valence-electron chi connectivity index (χ3n) is 3.05. The second-order valence-corrected chi connectivity index (χ2v) is 7.62. The van der Waals surface area contributed by atoms with Gasteiger partial charge in [-0.3, -0.25) is 4.79 Å². The zero-order chi connectivity index (χ0) is 15.5. The highest BCUT2D eigenvalue weighted by molar-refractivity contribution is 8.02. The lowest BCUT2D eigenvalue weighted by molar-refractivity contribution is -0.115. The maximum absolute atomic E-state index is 13.1. The predicted octanol–water partition coefficient (Wildman–Crippen LogP) is 3.37. The average Bonchev–Trinajstić information content (AvgIpc) is 3.18. The van der Waals surface area contributed by atoms with Gasteiger partial charge in [0.15, 0.2) is 4.34 Å². The minimum Gasteiger partial charge on any atom is -0.357 e. The van der Waals surface area contributed by atoms with Gasteiger partial charge >= 0.3 is 0 Å². The first-order valence-corrected chi connectivity index (χ1v) is 8.63. The number of benzene rings is 1. The smallest absolute Gasteiger partial charge is 0.237 e. The number of nitrogens with one attached hydrogen (secondary N) is 2. The van der Waals surface area contributed by atoms with Crippen molar-refractivity contribution in [2.75, 3.05) is 10.6 Å². The number of aromatic nitrogens is 2. The molecule has 2 N–H and O–H groups in total. The quantitative estimate of drug-likeness (QED) is 0.791. The lowest BCUT2D eigenvalue weighted by Crippen LogP contribution is -2.22. The SMILES string of the molecule is CC(Sc1nnc(NC2CC2)s1)C(=O)Nc1cccc(F)c1. The van der Waals surface area contributed by atoms with E-state index >= 15 is 0 Å². The average molecular weight is 338 g/mol. The summed E-state index contributed by atoms with van der Waals surface area (Å²) in [4.78, 5) is 12.1. The molecule has 1 aromatic heterocycles. The van der Waals surface area contributed by atoms with Crippen LogP contribution in [0.4, 0.5) is 15.2 Å². The number of thioether (sulfide) groups is 1. The Hall–Kier alpha value is -1.67. The first-order valence-electron chi connectivity index (χ1n) is 6.93. The van der Waals surface area contributed by atoms with Crippen molar-refractivity contribution in [3.8, 4) is 0 Å². The molecule has 0 spiro atoms. The van der Waals surface area contributed by atoms with E-state index in [1.807, 2.05) is 0 Å². The Morgan fingerprint density at radius 2 is 2.27 bits per heavy atom. The molecule has 0 bridgehead atoms. The van der Waals surface area contributed by atoms with Gasteiger partial charge in [-0.05, 0) is 38.0 Å². The summed E-state index contributed by atoms with van der Waals surface area (Å²) in [5.41, 5.74) is 0.450. The Morgan fingerprint density at radius 1 is 1.45 bits per heavy atom. The van der Waals surface area contributed by atoms with E-state index in [0.29, 0.717) is 11.7 Å². The highest BCUT2D eigenvalue weighted by Gasteiger charge is 2.23. The summed E-state index contributed by atoms with van der Waals surface area (Å²) in [6.45, 7) is 1.79. The Morgan fingerprint density at radius 3 is 3.00 bits per heavy atom. The van der Waals surface area contributed by atoms with Crippen LogP contribution < -0.4 is 10.6 Å². The summed E-state index contributed by atoms with van der Waals surface area (Å²) in [5, 5.41) is 14.5. The van der Waals surface area contributed by atoms with E-state index in [-0.39, 0.29) is 17.0 Å². The van der Waals surface area contributed by atoms with Gasteiger partial charge in [-0.25, -0.2) is 4.39 Å². The van der Waals surface area contributed by atoms with Crippen molar-refractivity contribution in [2.24, 2.45) is 0 Å². The third-order valence-corrected chi connectivity index (χ3v) is 5.09. The van der Waals surface area contributed by atoms with Crippen molar-refractivity contribution in [2.45, 2.75) is 35.4 Å². The summed E-state index contributed by atoms with van der Waals surface area (Å²) < 4.78 is 13.8. The number of hydrogen-bond donors (Lipinski definition) is 2. The number of amides is 1. The van der Waals surface area contributed by atoms with E-state index < -0.39 is 0 Å². The summed E-state index contributed by atoms with van der Waals surface area (Å²) in [7, 11) is 0. The number of carbonyl (C=O) groups excluding carboxylic acids is 1. The first-order chi connectivity index (χ1) is 10.6. The van der Waals surface area contributed by atoms with Crippen molar-refractivity contribution in [3.05, 3.63) is 30.1 Å². The third kappa shape index (κ3) is 4.17. The molecule has 2 aromatic rings. The molecular weight excluding hydrogens is 323 g/mol. The molecule has 1 atom stereocenters. The molecule has 0 radical (unpaired) electrons. The van der Waals surface area contributed by atoms with Crippen molar-refractivity contribution >= 4 is 39.8 Å². The van der Waals surface area contributed by atoms with Crippen LogP contribution in [0.25, 0.3) is 0 Å². The molecule has 0 saturated heterocycles. The predicted molar refractivity (Wildman–Crippen MR) is 86.9 cm³/mol. The fraction of sp³-hybridized carbons (Fsp3) is 0.357. The van der Waals surface area contributed by atoms with Crippen molar-refractivity contribution in [1.82, 2.24) is 10.2 Å². The highest BCUT2D eigenvalue weighted by atomic mass is 32.2. The molecular formula is C14H15FN4OS2. The summed E-state index contributed by atoms with van der Waals surface area (Å²) in [6.07, 6.45) is 2.35. The lowest BCUT2D eigenvalue weighted by atomic mass is 10.3. The van der Waals surface area contributed by atoms with E-state index in [0.717, 1.165) is 9.47 Å². The van der Waals surface area contributed by atoms with Gasteiger partial charge in [0.2, 0.25) is 11.0 Å². The fourth-order valence-electron chi connectivity index (χ4n) is 1.73. The van der Waals surface area contributed by atoms with Crippen LogP contribution in [-0.4, -0.2) is 27.4 Å². The zero-order valence-electron chi connectivity index (χ0n) is 11.9. The van der Waals surface area contributed by atoms with Gasteiger partial charge in [0.05, 0.1) is 5.25 Å². The largest absolute Gasteiger partial charge is 0.357 e. The van der Waals surface area contributed by atoms with E-state index in [4.69, 9.17) is 0 Å². The molecule has 116 valence electrons. The molecule has 1 aliphatic rings. The Kier molecular flexibility index (Phi) is 4.58. The van der Waals surface area contributed by atoms with Gasteiger partial charge < -0.3 is 10.6 Å². The van der Waals surface area contributed by atoms with Crippen LogP contribution >= 0.6 is 23.1 Å². The number of rotatable bonds is 6. The van der Waals surface area contributed by atoms with E-state index in [9.17, 15) is 9.18 Å². The van der Waals surface area contributed by atoms with Gasteiger partial charge in [0.25, 0.3) is 0 Å². The van der Waals surface area contributed by atoms with Crippen LogP contribution in [0.2, 0.25) is 0 Å². The molecule has 1 fully saturated rings. The second kappa shape index (κ2) is 6.62. The molecule has 1 aliphatic carbocycles. The second-order valence-electron chi connectivity index (χ2n) is 5.05. The zero-order valence-corrected chi connectivity index (χ0v) is 13.5. The molecule has 1 unspecified atom stereocenters. The molecule has 1 heterocycles. The molecule has 1 aromatic carbocycles. The van der Waals surface area contributed by atoms with E-state index in [1.54, 1.807) is 19.1 Å². The Balaban J connectivity index is 1.55. The molecule has 5 nitrogen and oxygen atoms in total. The van der Waals surface area contributed by atoms with Crippen LogP contribution in [0.1, 0.15) is 19.8 Å². The van der Waals surface area contributed by atoms with Gasteiger partial charge in [-0.15, -0.1) is 10.2 Å². The number of halogens is 1. The summed E-state index contributed by atoms with van der Waals surface area (Å²) in [6, 6.07) is 6.37. The molecule has 1 amide bonds. The van der Waals surface area contributed by atoms with Crippen LogP contribution in [-0.2, 0) is 4.79 Å². The van der Waals surface area contributed by atoms with Crippen molar-refractivity contribution < 1.29 is 9.18 Å². The van der Waals surface area contributed by atoms with Crippen molar-refractivity contribution in [1.29, 1.82) is 0 Å². The standard InChI is InChI=1S/C14H15FN4OS2/c1-8(12(20)16-11-4-2-3-9(15)7-11)21-14-19-18-13(22-14)17-10-5-6-10/h2-4,7-8,10H,5-6H2,1H3,(H,16,20)(H,17,18). The molecule has 1 saturated carbocycles. The number of nitrogens with zero attached hydrogens (tertiary/aromatic N) is 2.